The fraction of sp³-hybridized carbons (Fsp3) is 0.750. The van der Waals surface area contributed by atoms with Crippen LogP contribution in [0.5, 0.6) is 0 Å². The van der Waals surface area contributed by atoms with E-state index in [9.17, 15) is 0 Å². The Labute approximate surface area is 88.5 Å². The molecule has 0 aliphatic rings. The van der Waals surface area contributed by atoms with Crippen molar-refractivity contribution in [1.29, 1.82) is 0 Å². The quantitative estimate of drug-likeness (QED) is 0.358. The van der Waals surface area contributed by atoms with Crippen LogP contribution in [-0.2, 0) is 0 Å². The molecule has 0 atom stereocenters. The second-order valence-electron chi connectivity index (χ2n) is 3.80. The van der Waals surface area contributed by atoms with Gasteiger partial charge in [-0.2, -0.15) is 5.10 Å². The highest BCUT2D eigenvalue weighted by atomic mass is 15.3. The molecule has 0 aromatic rings. The predicted molar refractivity (Wildman–Crippen MR) is 64.7 cm³/mol. The van der Waals surface area contributed by atoms with Gasteiger partial charge in [0.25, 0.3) is 0 Å². The van der Waals surface area contributed by atoms with E-state index in [-0.39, 0.29) is 0 Å². The maximum Gasteiger partial charge on any atom is 0.0595 e. The first-order valence-corrected chi connectivity index (χ1v) is 5.61. The van der Waals surface area contributed by atoms with Gasteiger partial charge >= 0.3 is 0 Å². The lowest BCUT2D eigenvalue weighted by atomic mass is 10.2. The summed E-state index contributed by atoms with van der Waals surface area (Å²) in [5.74, 6) is 0. The summed E-state index contributed by atoms with van der Waals surface area (Å²) in [5.41, 5.74) is 5.10. The van der Waals surface area contributed by atoms with Crippen LogP contribution in [0.1, 0.15) is 52.9 Å². The number of rotatable bonds is 8. The summed E-state index contributed by atoms with van der Waals surface area (Å²) in [6, 6.07) is 0. The van der Waals surface area contributed by atoms with Crippen LogP contribution in [0, 0.1) is 0 Å². The maximum atomic E-state index is 4.21. The summed E-state index contributed by atoms with van der Waals surface area (Å²) < 4.78 is 0. The number of hydrogen-bond donors (Lipinski definition) is 1. The third-order valence-electron chi connectivity index (χ3n) is 2.26. The van der Waals surface area contributed by atoms with Crippen molar-refractivity contribution in [1.82, 2.24) is 5.43 Å². The van der Waals surface area contributed by atoms with Gasteiger partial charge in [0, 0.05) is 6.54 Å². The number of hydrazone groups is 1. The van der Waals surface area contributed by atoms with E-state index < -0.39 is 0 Å². The zero-order valence-corrected chi connectivity index (χ0v) is 9.90. The molecule has 1 N–H and O–H groups in total. The van der Waals surface area contributed by atoms with Gasteiger partial charge < -0.3 is 5.43 Å². The second-order valence-corrected chi connectivity index (χ2v) is 3.80. The Hall–Kier alpha value is -0.790. The van der Waals surface area contributed by atoms with Gasteiger partial charge in [-0.1, -0.05) is 39.2 Å². The number of nitrogens with zero attached hydrogens (tertiary/aromatic N) is 1. The molecule has 0 unspecified atom stereocenters. The first kappa shape index (κ1) is 13.2. The SMILES string of the molecule is C=C(C)C(C)=NNCCCCCCC. The summed E-state index contributed by atoms with van der Waals surface area (Å²) in [7, 11) is 0. The zero-order chi connectivity index (χ0) is 10.8. The number of allylic oxidation sites excluding steroid dienone is 1. The van der Waals surface area contributed by atoms with Crippen molar-refractivity contribution in [3.8, 4) is 0 Å². The van der Waals surface area contributed by atoms with Crippen molar-refractivity contribution in [3.63, 3.8) is 0 Å². The Morgan fingerprint density at radius 1 is 1.14 bits per heavy atom. The third-order valence-corrected chi connectivity index (χ3v) is 2.26. The molecule has 0 heterocycles. The van der Waals surface area contributed by atoms with Crippen molar-refractivity contribution in [2.75, 3.05) is 6.54 Å². The van der Waals surface area contributed by atoms with Crippen molar-refractivity contribution < 1.29 is 0 Å². The zero-order valence-electron chi connectivity index (χ0n) is 9.90. The van der Waals surface area contributed by atoms with E-state index in [1.807, 2.05) is 13.8 Å². The van der Waals surface area contributed by atoms with Gasteiger partial charge in [-0.3, -0.25) is 0 Å². The molecule has 0 radical (unpaired) electrons. The Morgan fingerprint density at radius 2 is 1.79 bits per heavy atom. The van der Waals surface area contributed by atoms with Crippen LogP contribution in [0.4, 0.5) is 0 Å². The molecule has 0 fully saturated rings. The van der Waals surface area contributed by atoms with Crippen LogP contribution in [-0.4, -0.2) is 12.3 Å². The number of hydrogen-bond acceptors (Lipinski definition) is 2. The molecule has 0 saturated heterocycles. The van der Waals surface area contributed by atoms with Crippen LogP contribution in [0.25, 0.3) is 0 Å². The lowest BCUT2D eigenvalue weighted by Gasteiger charge is -2.02. The van der Waals surface area contributed by atoms with E-state index >= 15 is 0 Å². The topological polar surface area (TPSA) is 24.4 Å². The fourth-order valence-corrected chi connectivity index (χ4v) is 1.08. The van der Waals surface area contributed by atoms with Gasteiger partial charge in [0.15, 0.2) is 0 Å². The molecule has 0 amide bonds. The summed E-state index contributed by atoms with van der Waals surface area (Å²) in [5, 5.41) is 4.21. The lowest BCUT2D eigenvalue weighted by Crippen LogP contribution is -2.10. The van der Waals surface area contributed by atoms with Gasteiger partial charge in [-0.25, -0.2) is 0 Å². The second kappa shape index (κ2) is 8.79. The van der Waals surface area contributed by atoms with Crippen LogP contribution in [0.15, 0.2) is 17.3 Å². The molecular weight excluding hydrogens is 172 g/mol. The largest absolute Gasteiger partial charge is 0.310 e. The molecule has 0 bridgehead atoms. The minimum absolute atomic E-state index is 0.980. The van der Waals surface area contributed by atoms with E-state index in [0.29, 0.717) is 0 Å². The minimum Gasteiger partial charge on any atom is -0.310 e. The Morgan fingerprint density at radius 3 is 2.36 bits per heavy atom. The van der Waals surface area contributed by atoms with Crippen LogP contribution in [0.2, 0.25) is 0 Å². The van der Waals surface area contributed by atoms with Crippen LogP contribution >= 0.6 is 0 Å². The van der Waals surface area contributed by atoms with Gasteiger partial charge in [0.1, 0.15) is 0 Å². The van der Waals surface area contributed by atoms with Crippen LogP contribution < -0.4 is 5.43 Å². The van der Waals surface area contributed by atoms with Crippen molar-refractivity contribution >= 4 is 5.71 Å². The van der Waals surface area contributed by atoms with E-state index in [1.54, 1.807) is 0 Å². The molecule has 0 saturated carbocycles. The van der Waals surface area contributed by atoms with Crippen molar-refractivity contribution in [2.45, 2.75) is 52.9 Å². The summed E-state index contributed by atoms with van der Waals surface area (Å²) >= 11 is 0. The summed E-state index contributed by atoms with van der Waals surface area (Å²) in [4.78, 5) is 0. The van der Waals surface area contributed by atoms with Gasteiger partial charge in [-0.15, -0.1) is 0 Å². The third kappa shape index (κ3) is 7.84. The molecule has 82 valence electrons. The fourth-order valence-electron chi connectivity index (χ4n) is 1.08. The van der Waals surface area contributed by atoms with E-state index in [2.05, 4.69) is 24.0 Å². The molecule has 0 spiro atoms. The monoisotopic (exact) mass is 196 g/mol. The molecule has 2 nitrogen and oxygen atoms in total. The Kier molecular flexibility index (Phi) is 8.30. The molecule has 14 heavy (non-hydrogen) atoms. The molecule has 0 aromatic heterocycles. The average molecular weight is 196 g/mol. The highest BCUT2D eigenvalue weighted by molar-refractivity contribution is 5.96. The lowest BCUT2D eigenvalue weighted by molar-refractivity contribution is 0.596. The van der Waals surface area contributed by atoms with Crippen molar-refractivity contribution in [3.05, 3.63) is 12.2 Å². The molecule has 0 aliphatic heterocycles. The average Bonchev–Trinajstić information content (AvgIpc) is 2.16. The number of nitrogens with one attached hydrogen (secondary N) is 1. The molecule has 0 aromatic carbocycles. The highest BCUT2D eigenvalue weighted by Gasteiger charge is 1.90. The Balaban J connectivity index is 3.29. The Bertz CT molecular complexity index is 183. The molecular formula is C12H24N2. The summed E-state index contributed by atoms with van der Waals surface area (Å²) in [6.45, 7) is 11.0. The smallest absolute Gasteiger partial charge is 0.0595 e. The first-order chi connectivity index (χ1) is 6.68. The normalized spacial score (nSPS) is 11.5. The number of unbranched alkanes of at least 4 members (excludes halogenated alkanes) is 4. The standard InChI is InChI=1S/C12H24N2/c1-5-6-7-8-9-10-13-14-12(4)11(2)3/h13H,2,5-10H2,1,3-4H3. The maximum absolute atomic E-state index is 4.21. The highest BCUT2D eigenvalue weighted by Crippen LogP contribution is 2.01. The van der Waals surface area contributed by atoms with E-state index in [4.69, 9.17) is 0 Å². The summed E-state index contributed by atoms with van der Waals surface area (Å²) in [6.07, 6.45) is 6.53. The van der Waals surface area contributed by atoms with Crippen molar-refractivity contribution in [2.24, 2.45) is 5.10 Å². The minimum atomic E-state index is 0.980. The van der Waals surface area contributed by atoms with Gasteiger partial charge in [0.05, 0.1) is 5.71 Å². The molecule has 0 aliphatic carbocycles. The van der Waals surface area contributed by atoms with E-state index in [1.165, 1.54) is 32.1 Å². The van der Waals surface area contributed by atoms with E-state index in [0.717, 1.165) is 17.8 Å². The molecule has 2 heteroatoms. The molecule has 0 rings (SSSR count). The van der Waals surface area contributed by atoms with Crippen LogP contribution in [0.3, 0.4) is 0 Å². The van der Waals surface area contributed by atoms with Gasteiger partial charge in [-0.05, 0) is 25.8 Å². The predicted octanol–water partition coefficient (Wildman–Crippen LogP) is 3.50. The first-order valence-electron chi connectivity index (χ1n) is 5.61. The van der Waals surface area contributed by atoms with Gasteiger partial charge in [0.2, 0.25) is 0 Å².